The van der Waals surface area contributed by atoms with Crippen LogP contribution in [0.4, 0.5) is 0 Å². The highest BCUT2D eigenvalue weighted by atomic mass is 32.2. The molecule has 0 bridgehead atoms. The molecule has 0 saturated carbocycles. The fraction of sp³-hybridized carbons (Fsp3) is 0. The van der Waals surface area contributed by atoms with Crippen LogP contribution >= 0.6 is 11.8 Å². The number of pyridine rings is 2. The molecule has 2 heterocycles. The summed E-state index contributed by atoms with van der Waals surface area (Å²) < 4.78 is 0. The lowest BCUT2D eigenvalue weighted by molar-refractivity contribution is 1.12. The summed E-state index contributed by atoms with van der Waals surface area (Å²) in [6, 6.07) is 7.48. The molecule has 2 aromatic rings. The summed E-state index contributed by atoms with van der Waals surface area (Å²) in [6.45, 7) is 0. The van der Waals surface area contributed by atoms with Gasteiger partial charge < -0.3 is 5.73 Å². The van der Waals surface area contributed by atoms with Crippen molar-refractivity contribution in [3.8, 4) is 0 Å². The summed E-state index contributed by atoms with van der Waals surface area (Å²) in [5.74, 6) is 0.0351. The predicted octanol–water partition coefficient (Wildman–Crippen LogP) is 1.91. The Hall–Kier alpha value is -1.88. The van der Waals surface area contributed by atoms with Crippen molar-refractivity contribution in [2.24, 2.45) is 5.73 Å². The number of nitrogens with zero attached hydrogens (tertiary/aromatic N) is 2. The molecule has 4 nitrogen and oxygen atoms in total. The minimum atomic E-state index is 0.0351. The van der Waals surface area contributed by atoms with Gasteiger partial charge in [0, 0.05) is 29.0 Å². The van der Waals surface area contributed by atoms with Gasteiger partial charge in [-0.05, 0) is 24.3 Å². The number of nitrogen functional groups attached to an aromatic ring is 1. The van der Waals surface area contributed by atoms with Gasteiger partial charge in [-0.2, -0.15) is 0 Å². The highest BCUT2D eigenvalue weighted by Crippen LogP contribution is 2.24. The van der Waals surface area contributed by atoms with Gasteiger partial charge in [-0.1, -0.05) is 11.8 Å². The molecule has 0 aliphatic rings. The molecule has 3 N–H and O–H groups in total. The van der Waals surface area contributed by atoms with Gasteiger partial charge in [0.05, 0.1) is 0 Å². The molecule has 0 atom stereocenters. The maximum absolute atomic E-state index is 7.25. The molecule has 0 aliphatic heterocycles. The molecular formula is C11H10N4S. The number of nitrogens with two attached hydrogens (primary N) is 1. The van der Waals surface area contributed by atoms with Crippen molar-refractivity contribution in [3.63, 3.8) is 0 Å². The van der Waals surface area contributed by atoms with E-state index in [0.29, 0.717) is 5.56 Å². The highest BCUT2D eigenvalue weighted by Gasteiger charge is 2.00. The van der Waals surface area contributed by atoms with E-state index in [-0.39, 0.29) is 5.84 Å². The number of hydrogen-bond acceptors (Lipinski definition) is 4. The van der Waals surface area contributed by atoms with Gasteiger partial charge in [-0.3, -0.25) is 10.4 Å². The van der Waals surface area contributed by atoms with Crippen LogP contribution in [-0.2, 0) is 0 Å². The first kappa shape index (κ1) is 10.6. The van der Waals surface area contributed by atoms with Gasteiger partial charge in [0.25, 0.3) is 0 Å². The average Bonchev–Trinajstić information content (AvgIpc) is 2.31. The van der Waals surface area contributed by atoms with E-state index in [9.17, 15) is 0 Å². The summed E-state index contributed by atoms with van der Waals surface area (Å²) in [5, 5.41) is 8.12. The van der Waals surface area contributed by atoms with Gasteiger partial charge in [0.2, 0.25) is 0 Å². The lowest BCUT2D eigenvalue weighted by atomic mass is 10.3. The Bertz CT molecular complexity index is 481. The van der Waals surface area contributed by atoms with E-state index in [1.54, 1.807) is 36.4 Å². The first-order valence-corrected chi connectivity index (χ1v) is 5.45. The van der Waals surface area contributed by atoms with E-state index >= 15 is 0 Å². The smallest absolute Gasteiger partial charge is 0.124 e. The van der Waals surface area contributed by atoms with Crippen molar-refractivity contribution >= 4 is 17.6 Å². The van der Waals surface area contributed by atoms with Gasteiger partial charge in [-0.15, -0.1) is 0 Å². The lowest BCUT2D eigenvalue weighted by Gasteiger charge is -2.01. The molecule has 2 rings (SSSR count). The largest absolute Gasteiger partial charge is 0.384 e. The highest BCUT2D eigenvalue weighted by molar-refractivity contribution is 7.99. The standard InChI is InChI=1S/C11H10N4S/c12-11(13)8-1-2-10(15-7-8)16-9-3-5-14-6-4-9/h1-7H,(H3,12,13). The van der Waals surface area contributed by atoms with Crippen molar-refractivity contribution < 1.29 is 0 Å². The van der Waals surface area contributed by atoms with Crippen LogP contribution in [0.1, 0.15) is 5.56 Å². The third-order valence-corrected chi connectivity index (χ3v) is 2.88. The van der Waals surface area contributed by atoms with E-state index in [4.69, 9.17) is 11.1 Å². The van der Waals surface area contributed by atoms with Crippen LogP contribution in [0.5, 0.6) is 0 Å². The van der Waals surface area contributed by atoms with Gasteiger partial charge in [0.15, 0.2) is 0 Å². The van der Waals surface area contributed by atoms with Crippen molar-refractivity contribution in [2.75, 3.05) is 0 Å². The molecular weight excluding hydrogens is 220 g/mol. The van der Waals surface area contributed by atoms with Crippen LogP contribution < -0.4 is 5.73 Å². The first-order valence-electron chi connectivity index (χ1n) is 4.64. The van der Waals surface area contributed by atoms with Crippen molar-refractivity contribution in [1.29, 1.82) is 5.41 Å². The Morgan fingerprint density at radius 3 is 2.50 bits per heavy atom. The Labute approximate surface area is 97.4 Å². The predicted molar refractivity (Wildman–Crippen MR) is 63.6 cm³/mol. The van der Waals surface area contributed by atoms with Crippen LogP contribution in [0.15, 0.2) is 52.8 Å². The second kappa shape index (κ2) is 4.76. The summed E-state index contributed by atoms with van der Waals surface area (Å²) in [6.07, 6.45) is 5.09. The van der Waals surface area contributed by atoms with E-state index in [1.807, 2.05) is 18.2 Å². The zero-order valence-electron chi connectivity index (χ0n) is 8.42. The van der Waals surface area contributed by atoms with Gasteiger partial charge in [-0.25, -0.2) is 4.98 Å². The fourth-order valence-corrected chi connectivity index (χ4v) is 1.87. The SMILES string of the molecule is N=C(N)c1ccc(Sc2ccncc2)nc1. The minimum Gasteiger partial charge on any atom is -0.384 e. The average molecular weight is 230 g/mol. The van der Waals surface area contributed by atoms with E-state index in [2.05, 4.69) is 9.97 Å². The van der Waals surface area contributed by atoms with Crippen LogP contribution in [0.2, 0.25) is 0 Å². The Morgan fingerprint density at radius 2 is 1.94 bits per heavy atom. The quantitative estimate of drug-likeness (QED) is 0.624. The lowest BCUT2D eigenvalue weighted by Crippen LogP contribution is -2.10. The zero-order valence-corrected chi connectivity index (χ0v) is 9.24. The van der Waals surface area contributed by atoms with Crippen LogP contribution in [0.25, 0.3) is 0 Å². The Kier molecular flexibility index (Phi) is 3.16. The molecule has 0 unspecified atom stereocenters. The second-order valence-electron chi connectivity index (χ2n) is 3.08. The summed E-state index contributed by atoms with van der Waals surface area (Å²) in [4.78, 5) is 9.24. The van der Waals surface area contributed by atoms with Crippen LogP contribution in [0.3, 0.4) is 0 Å². The molecule has 0 amide bonds. The molecule has 2 aromatic heterocycles. The normalized spacial score (nSPS) is 10.0. The molecule has 0 aromatic carbocycles. The maximum atomic E-state index is 7.25. The zero-order chi connectivity index (χ0) is 11.4. The molecule has 0 spiro atoms. The van der Waals surface area contributed by atoms with Crippen molar-refractivity contribution in [3.05, 3.63) is 48.4 Å². The topological polar surface area (TPSA) is 75.7 Å². The fourth-order valence-electron chi connectivity index (χ4n) is 1.13. The van der Waals surface area contributed by atoms with Gasteiger partial charge in [0.1, 0.15) is 10.9 Å². The van der Waals surface area contributed by atoms with E-state index in [1.165, 1.54) is 0 Å². The summed E-state index contributed by atoms with van der Waals surface area (Å²) in [7, 11) is 0. The summed E-state index contributed by atoms with van der Waals surface area (Å²) >= 11 is 1.55. The molecule has 0 fully saturated rings. The van der Waals surface area contributed by atoms with Crippen molar-refractivity contribution in [2.45, 2.75) is 9.92 Å². The number of rotatable bonds is 3. The molecule has 0 aliphatic carbocycles. The summed E-state index contributed by atoms with van der Waals surface area (Å²) in [5.41, 5.74) is 5.98. The third kappa shape index (κ3) is 2.58. The first-order chi connectivity index (χ1) is 7.75. The Balaban J connectivity index is 2.14. The van der Waals surface area contributed by atoms with Gasteiger partial charge >= 0.3 is 0 Å². The third-order valence-electron chi connectivity index (χ3n) is 1.92. The molecule has 0 radical (unpaired) electrons. The van der Waals surface area contributed by atoms with Crippen LogP contribution in [0, 0.1) is 5.41 Å². The number of hydrogen-bond donors (Lipinski definition) is 2. The van der Waals surface area contributed by atoms with E-state index < -0.39 is 0 Å². The molecule has 80 valence electrons. The monoisotopic (exact) mass is 230 g/mol. The maximum Gasteiger partial charge on any atom is 0.124 e. The number of nitrogens with one attached hydrogen (secondary N) is 1. The second-order valence-corrected chi connectivity index (χ2v) is 4.18. The molecule has 16 heavy (non-hydrogen) atoms. The van der Waals surface area contributed by atoms with Crippen molar-refractivity contribution in [1.82, 2.24) is 9.97 Å². The number of amidine groups is 1. The van der Waals surface area contributed by atoms with Crippen LogP contribution in [-0.4, -0.2) is 15.8 Å². The Morgan fingerprint density at radius 1 is 1.19 bits per heavy atom. The number of aromatic nitrogens is 2. The molecule has 0 saturated heterocycles. The molecule has 5 heteroatoms. The minimum absolute atomic E-state index is 0.0351. The van der Waals surface area contributed by atoms with E-state index in [0.717, 1.165) is 9.92 Å².